The summed E-state index contributed by atoms with van der Waals surface area (Å²) in [5.41, 5.74) is -0.0352. The second kappa shape index (κ2) is 9.78. The zero-order chi connectivity index (χ0) is 40.0. The molecule has 0 unspecified atom stereocenters. The molecule has 2 nitrogen and oxygen atoms in total. The lowest BCUT2D eigenvalue weighted by Gasteiger charge is -2.19. The van der Waals surface area contributed by atoms with Crippen LogP contribution in [0.3, 0.4) is 0 Å². The number of para-hydroxylation sites is 2. The van der Waals surface area contributed by atoms with Crippen molar-refractivity contribution in [1.29, 1.82) is 0 Å². The van der Waals surface area contributed by atoms with Crippen LogP contribution >= 0.6 is 0 Å². The van der Waals surface area contributed by atoms with Crippen molar-refractivity contribution in [2.24, 2.45) is 5.41 Å². The molecule has 6 rings (SSSR count). The Balaban J connectivity index is 1.63. The Hall–Kier alpha value is -4.17. The zero-order valence-corrected chi connectivity index (χ0v) is 22.4. The summed E-state index contributed by atoms with van der Waals surface area (Å²) in [7, 11) is 0. The lowest BCUT2D eigenvalue weighted by atomic mass is 9.87. The van der Waals surface area contributed by atoms with Gasteiger partial charge in [0, 0.05) is 41.7 Å². The molecule has 0 N–H and O–H groups in total. The second-order valence-corrected chi connectivity index (χ2v) is 11.0. The molecule has 0 amide bonds. The number of hydrogen-bond acceptors (Lipinski definition) is 2. The number of hydrogen-bond donors (Lipinski definition) is 0. The van der Waals surface area contributed by atoms with Crippen LogP contribution in [0.15, 0.2) is 89.5 Å². The van der Waals surface area contributed by atoms with Gasteiger partial charge < -0.3 is 4.42 Å². The molecule has 0 bridgehead atoms. The maximum absolute atomic E-state index is 8.65. The molecule has 40 heavy (non-hydrogen) atoms. The highest BCUT2D eigenvalue weighted by Gasteiger charge is 2.17. The average molecular weight is 538 g/mol. The number of aromatic nitrogens is 1. The number of rotatable bonds is 4. The first-order valence-corrected chi connectivity index (χ1v) is 13.0. The van der Waals surface area contributed by atoms with Gasteiger partial charge in [0.1, 0.15) is 11.2 Å². The number of fused-ring (bicyclic) bond motifs is 3. The first-order chi connectivity index (χ1) is 24.7. The number of aryl methyl sites for hydroxylation is 4. The standard InChI is InChI=1S/C38H37NO/c1-23-10-8-11-29-30-12-9-13-31(37(30)40-36(23)29)35-20-34(26(4)22-39-35)33-19-24(2)32(18-25(33)3)28-16-14-27(15-17-28)21-38(5,6)7/h8-20,22H,21H2,1-7H3/i1D3,2D3,3D3,4D3,21D2. The Labute approximate surface area is 257 Å². The summed E-state index contributed by atoms with van der Waals surface area (Å²) < 4.78 is 124. The van der Waals surface area contributed by atoms with Gasteiger partial charge in [-0.25, -0.2) is 0 Å². The van der Waals surface area contributed by atoms with Crippen molar-refractivity contribution in [3.8, 4) is 33.5 Å². The molecule has 2 aromatic heterocycles. The molecule has 0 saturated carbocycles. The van der Waals surface area contributed by atoms with Gasteiger partial charge in [0.15, 0.2) is 0 Å². The van der Waals surface area contributed by atoms with Crippen molar-refractivity contribution in [1.82, 2.24) is 4.98 Å². The third kappa shape index (κ3) is 4.73. The Morgan fingerprint density at radius 2 is 1.32 bits per heavy atom. The lowest BCUT2D eigenvalue weighted by Crippen LogP contribution is -2.08. The fraction of sp³-hybridized carbons (Fsp3) is 0.237. The molecule has 0 atom stereocenters. The SMILES string of the molecule is [2H]C([2H])([2H])c1cc(-c2cc(-c3cccc4c3oc3c(C([2H])([2H])[2H])cccc34)ncc2C([2H])([2H])[2H])c(C([2H])([2H])[2H])cc1-c1ccc(C([2H])([2H])C(C)(C)C)cc1. The van der Waals surface area contributed by atoms with E-state index in [2.05, 4.69) is 4.98 Å². The first-order valence-electron chi connectivity index (χ1n) is 20.0. The van der Waals surface area contributed by atoms with Crippen molar-refractivity contribution in [3.63, 3.8) is 0 Å². The summed E-state index contributed by atoms with van der Waals surface area (Å²) >= 11 is 0. The maximum atomic E-state index is 8.65. The minimum Gasteiger partial charge on any atom is -0.455 e. The van der Waals surface area contributed by atoms with Crippen molar-refractivity contribution in [2.75, 3.05) is 0 Å². The van der Waals surface area contributed by atoms with E-state index in [-0.39, 0.29) is 55.8 Å². The average Bonchev–Trinajstić information content (AvgIpc) is 3.44. The molecule has 0 aliphatic rings. The summed E-state index contributed by atoms with van der Waals surface area (Å²) in [6.07, 6.45) is -0.623. The van der Waals surface area contributed by atoms with Gasteiger partial charge >= 0.3 is 0 Å². The van der Waals surface area contributed by atoms with Gasteiger partial charge in [-0.15, -0.1) is 0 Å². The number of pyridine rings is 1. The molecule has 200 valence electrons. The van der Waals surface area contributed by atoms with Crippen LogP contribution in [0.1, 0.15) is 67.8 Å². The van der Waals surface area contributed by atoms with Crippen LogP contribution in [0, 0.1) is 32.8 Å². The van der Waals surface area contributed by atoms with E-state index in [4.69, 9.17) is 23.6 Å². The summed E-state index contributed by atoms with van der Waals surface area (Å²) in [5.74, 6) is 0. The van der Waals surface area contributed by atoms with Gasteiger partial charge in [0.25, 0.3) is 0 Å². The molecule has 2 heteroatoms. The fourth-order valence-electron chi connectivity index (χ4n) is 5.07. The highest BCUT2D eigenvalue weighted by Crippen LogP contribution is 2.39. The van der Waals surface area contributed by atoms with Crippen LogP contribution < -0.4 is 0 Å². The maximum Gasteiger partial charge on any atom is 0.144 e. The van der Waals surface area contributed by atoms with E-state index in [0.717, 1.165) is 6.20 Å². The molecule has 4 aromatic carbocycles. The fourth-order valence-corrected chi connectivity index (χ4v) is 5.07. The van der Waals surface area contributed by atoms with Gasteiger partial charge in [-0.05, 0) is 101 Å². The Kier molecular flexibility index (Phi) is 3.54. The number of furan rings is 1. The van der Waals surface area contributed by atoms with Gasteiger partial charge in [-0.3, -0.25) is 4.98 Å². The topological polar surface area (TPSA) is 26.0 Å². The van der Waals surface area contributed by atoms with Crippen molar-refractivity contribution in [3.05, 3.63) is 113 Å². The van der Waals surface area contributed by atoms with Crippen LogP contribution in [0.25, 0.3) is 55.4 Å². The summed E-state index contributed by atoms with van der Waals surface area (Å²) in [6.45, 7) is -5.61. The van der Waals surface area contributed by atoms with Gasteiger partial charge in [0.05, 0.1) is 5.69 Å². The van der Waals surface area contributed by atoms with E-state index in [0.29, 0.717) is 27.5 Å². The first kappa shape index (κ1) is 14.5. The molecule has 0 radical (unpaired) electrons. The molecule has 0 aliphatic heterocycles. The molecule has 0 saturated heterocycles. The highest BCUT2D eigenvalue weighted by molar-refractivity contribution is 6.10. The largest absolute Gasteiger partial charge is 0.455 e. The predicted octanol–water partition coefficient (Wildman–Crippen LogP) is 10.8. The summed E-state index contributed by atoms with van der Waals surface area (Å²) in [5, 5.41) is 1.13. The monoisotopic (exact) mass is 537 g/mol. The van der Waals surface area contributed by atoms with Crippen LogP contribution in [-0.4, -0.2) is 4.98 Å². The van der Waals surface area contributed by atoms with E-state index in [1.165, 1.54) is 24.3 Å². The van der Waals surface area contributed by atoms with Gasteiger partial charge in [0.2, 0.25) is 0 Å². The molecule has 0 spiro atoms. The smallest absolute Gasteiger partial charge is 0.144 e. The third-order valence-electron chi connectivity index (χ3n) is 6.87. The molecule has 0 fully saturated rings. The predicted molar refractivity (Wildman–Crippen MR) is 170 cm³/mol. The number of benzene rings is 4. The van der Waals surface area contributed by atoms with Crippen LogP contribution in [-0.2, 0) is 6.37 Å². The quantitative estimate of drug-likeness (QED) is 0.223. The third-order valence-corrected chi connectivity index (χ3v) is 6.87. The van der Waals surface area contributed by atoms with Crippen molar-refractivity contribution < 1.29 is 23.6 Å². The van der Waals surface area contributed by atoms with E-state index in [9.17, 15) is 0 Å². The minimum atomic E-state index is -2.85. The lowest BCUT2D eigenvalue weighted by molar-refractivity contribution is 0.411. The van der Waals surface area contributed by atoms with E-state index < -0.39 is 39.2 Å². The molecular formula is C38H37NO. The van der Waals surface area contributed by atoms with E-state index in [1.807, 2.05) is 0 Å². The second-order valence-electron chi connectivity index (χ2n) is 11.0. The van der Waals surface area contributed by atoms with Crippen LogP contribution in [0.5, 0.6) is 0 Å². The Bertz CT molecular complexity index is 2390. The number of nitrogens with zero attached hydrogens (tertiary/aromatic N) is 1. The van der Waals surface area contributed by atoms with Crippen molar-refractivity contribution >= 4 is 21.9 Å². The Morgan fingerprint density at radius 1 is 0.675 bits per heavy atom. The van der Waals surface area contributed by atoms with Gasteiger partial charge in [-0.1, -0.05) is 87.5 Å². The van der Waals surface area contributed by atoms with Crippen molar-refractivity contribution in [2.45, 2.75) is 54.6 Å². The zero-order valence-electron chi connectivity index (χ0n) is 36.4. The van der Waals surface area contributed by atoms with Gasteiger partial charge in [-0.2, -0.15) is 0 Å². The summed E-state index contributed by atoms with van der Waals surface area (Å²) in [4.78, 5) is 4.45. The molecule has 6 aromatic rings. The van der Waals surface area contributed by atoms with Crippen LogP contribution in [0.4, 0.5) is 0 Å². The molecular weight excluding hydrogens is 486 g/mol. The summed E-state index contributed by atoms with van der Waals surface area (Å²) in [6, 6.07) is 20.0. The van der Waals surface area contributed by atoms with E-state index in [1.54, 1.807) is 75.4 Å². The van der Waals surface area contributed by atoms with E-state index >= 15 is 0 Å². The molecule has 0 aliphatic carbocycles. The minimum absolute atomic E-state index is 0.00991. The Morgan fingerprint density at radius 3 is 2.05 bits per heavy atom. The molecule has 2 heterocycles. The normalized spacial score (nSPS) is 18.8. The van der Waals surface area contributed by atoms with Crippen LogP contribution in [0.2, 0.25) is 0 Å². The highest BCUT2D eigenvalue weighted by atomic mass is 16.3.